The number of hydrogen-bond donors (Lipinski definition) is 0. The zero-order valence-electron chi connectivity index (χ0n) is 45.1. The van der Waals surface area contributed by atoms with Crippen molar-refractivity contribution in [3.05, 3.63) is 85.1 Å². The number of carbonyl (C=O) groups is 2. The highest BCUT2D eigenvalue weighted by atomic mass is 16.6. The maximum Gasteiger partial charge on any atom is 0.306 e. The van der Waals surface area contributed by atoms with Crippen molar-refractivity contribution in [2.24, 2.45) is 0 Å². The van der Waals surface area contributed by atoms with E-state index in [-0.39, 0.29) is 25.2 Å². The van der Waals surface area contributed by atoms with Gasteiger partial charge in [0.25, 0.3) is 0 Å². The molecule has 0 aromatic carbocycles. The van der Waals surface area contributed by atoms with Crippen LogP contribution >= 0.6 is 0 Å². The van der Waals surface area contributed by atoms with Crippen LogP contribution in [0.25, 0.3) is 0 Å². The zero-order valence-corrected chi connectivity index (χ0v) is 45.1. The number of allylic oxidation sites excluding steroid dienone is 14. The monoisotopic (exact) mass is 947 g/mol. The van der Waals surface area contributed by atoms with Crippen molar-refractivity contribution in [2.75, 3.05) is 19.8 Å². The molecule has 68 heavy (non-hydrogen) atoms. The highest BCUT2D eigenvalue weighted by molar-refractivity contribution is 5.70. The van der Waals surface area contributed by atoms with Crippen LogP contribution in [0.5, 0.6) is 0 Å². The van der Waals surface area contributed by atoms with E-state index in [1.165, 1.54) is 161 Å². The molecule has 0 saturated carbocycles. The molecular weight excluding hydrogens is 837 g/mol. The summed E-state index contributed by atoms with van der Waals surface area (Å²) in [6.45, 7) is 7.74. The van der Waals surface area contributed by atoms with Crippen LogP contribution in [0.1, 0.15) is 278 Å². The summed E-state index contributed by atoms with van der Waals surface area (Å²) in [7, 11) is 0. The second kappa shape index (κ2) is 58.4. The van der Waals surface area contributed by atoms with Gasteiger partial charge in [-0.3, -0.25) is 9.59 Å². The molecule has 0 fully saturated rings. The van der Waals surface area contributed by atoms with E-state index >= 15 is 0 Å². The first-order chi connectivity index (χ1) is 33.6. The lowest BCUT2D eigenvalue weighted by Crippen LogP contribution is -2.30. The van der Waals surface area contributed by atoms with E-state index in [0.29, 0.717) is 19.4 Å². The third kappa shape index (κ3) is 55.7. The third-order valence-corrected chi connectivity index (χ3v) is 12.4. The predicted octanol–water partition coefficient (Wildman–Crippen LogP) is 20.0. The number of unbranched alkanes of at least 4 members (excludes halogenated alkanes) is 28. The Morgan fingerprint density at radius 3 is 1.06 bits per heavy atom. The van der Waals surface area contributed by atoms with Crippen LogP contribution in [0.15, 0.2) is 85.1 Å². The van der Waals surface area contributed by atoms with E-state index in [1.807, 2.05) is 0 Å². The molecule has 1 atom stereocenters. The molecule has 0 spiro atoms. The number of rotatable bonds is 53. The summed E-state index contributed by atoms with van der Waals surface area (Å²) in [6, 6.07) is 0. The molecule has 0 aromatic heterocycles. The number of esters is 2. The molecule has 0 radical (unpaired) electrons. The highest BCUT2D eigenvalue weighted by Crippen LogP contribution is 2.15. The average molecular weight is 948 g/mol. The van der Waals surface area contributed by atoms with Crippen molar-refractivity contribution < 1.29 is 23.8 Å². The lowest BCUT2D eigenvalue weighted by Gasteiger charge is -2.18. The zero-order chi connectivity index (χ0) is 49.2. The first-order valence-corrected chi connectivity index (χ1v) is 29.1. The third-order valence-electron chi connectivity index (χ3n) is 12.4. The van der Waals surface area contributed by atoms with Crippen LogP contribution in [0.3, 0.4) is 0 Å². The lowest BCUT2D eigenvalue weighted by atomic mass is 10.0. The molecule has 0 heterocycles. The summed E-state index contributed by atoms with van der Waals surface area (Å²) >= 11 is 0. The van der Waals surface area contributed by atoms with E-state index in [2.05, 4.69) is 106 Å². The number of carbonyl (C=O) groups excluding carboxylic acids is 2. The standard InChI is InChI=1S/C63H110O5/c1-4-7-10-13-16-19-22-25-28-31-32-34-36-39-42-45-48-51-54-57-63(65)68-61(59-66-58-55-52-49-46-43-40-37-30-27-24-21-18-15-12-9-6-3)60-67-62(64)56-53-50-47-44-41-38-35-33-29-26-23-20-17-14-11-8-5-2/h16,19,25-26,28-29,32,34-35,38-39,42,44,47,61H,4-15,17-18,20-24,27,30-31,33,36-37,40-41,43,45-46,48-60H2,1-3H3/b19-16-,28-25-,29-26-,34-32-,38-35-,42-39-,47-44-/t61-/m1/s1. The van der Waals surface area contributed by atoms with Crippen LogP contribution in [-0.4, -0.2) is 37.9 Å². The number of hydrogen-bond acceptors (Lipinski definition) is 5. The SMILES string of the molecule is CCCCC/C=C\C/C=C\C/C=C\C/C=C\CCCCCC(=O)O[C@H](COCCCCCCCCCCCCCCCCCC)COC(=O)CCC/C=C\C/C=C\C/C=C\CCCCCCCC. The fourth-order valence-electron chi connectivity index (χ4n) is 8.04. The van der Waals surface area contributed by atoms with Crippen molar-refractivity contribution in [3.63, 3.8) is 0 Å². The van der Waals surface area contributed by atoms with Gasteiger partial charge in [0.05, 0.1) is 6.61 Å². The summed E-state index contributed by atoms with van der Waals surface area (Å²) in [5.41, 5.74) is 0. The summed E-state index contributed by atoms with van der Waals surface area (Å²) in [4.78, 5) is 25.5. The molecule has 0 aliphatic rings. The average Bonchev–Trinajstić information content (AvgIpc) is 3.34. The van der Waals surface area contributed by atoms with Gasteiger partial charge in [0.1, 0.15) is 6.61 Å². The summed E-state index contributed by atoms with van der Waals surface area (Å²) < 4.78 is 17.4. The van der Waals surface area contributed by atoms with Gasteiger partial charge >= 0.3 is 11.9 Å². The summed E-state index contributed by atoms with van der Waals surface area (Å²) in [5, 5.41) is 0. The van der Waals surface area contributed by atoms with Gasteiger partial charge in [0.15, 0.2) is 6.10 Å². The van der Waals surface area contributed by atoms with Gasteiger partial charge in [0.2, 0.25) is 0 Å². The maximum absolute atomic E-state index is 12.9. The molecule has 0 unspecified atom stereocenters. The van der Waals surface area contributed by atoms with Crippen molar-refractivity contribution in [3.8, 4) is 0 Å². The smallest absolute Gasteiger partial charge is 0.306 e. The largest absolute Gasteiger partial charge is 0.462 e. The second-order valence-corrected chi connectivity index (χ2v) is 19.2. The first-order valence-electron chi connectivity index (χ1n) is 29.1. The van der Waals surface area contributed by atoms with Crippen molar-refractivity contribution in [2.45, 2.75) is 284 Å². The molecule has 0 N–H and O–H groups in total. The van der Waals surface area contributed by atoms with E-state index in [1.54, 1.807) is 0 Å². The van der Waals surface area contributed by atoms with Gasteiger partial charge in [-0.2, -0.15) is 0 Å². The second-order valence-electron chi connectivity index (χ2n) is 19.2. The molecule has 0 rings (SSSR count). The van der Waals surface area contributed by atoms with Crippen LogP contribution in [0.4, 0.5) is 0 Å². The van der Waals surface area contributed by atoms with Crippen molar-refractivity contribution in [1.82, 2.24) is 0 Å². The molecule has 0 saturated heterocycles. The molecular formula is C63H110O5. The molecule has 0 aromatic rings. The van der Waals surface area contributed by atoms with Crippen molar-refractivity contribution in [1.29, 1.82) is 0 Å². The summed E-state index contributed by atoms with van der Waals surface area (Å²) in [5.74, 6) is -0.486. The Bertz CT molecular complexity index is 1250. The first kappa shape index (κ1) is 65.1. The van der Waals surface area contributed by atoms with Crippen LogP contribution in [-0.2, 0) is 23.8 Å². The Hall–Kier alpha value is -2.92. The van der Waals surface area contributed by atoms with E-state index < -0.39 is 6.10 Å². The molecule has 392 valence electrons. The van der Waals surface area contributed by atoms with Crippen molar-refractivity contribution >= 4 is 11.9 Å². The van der Waals surface area contributed by atoms with Gasteiger partial charge in [-0.05, 0) is 96.3 Å². The molecule has 5 heteroatoms. The van der Waals surface area contributed by atoms with Crippen LogP contribution in [0, 0.1) is 0 Å². The Morgan fingerprint density at radius 2 is 0.632 bits per heavy atom. The molecule has 5 nitrogen and oxygen atoms in total. The normalized spacial score (nSPS) is 12.8. The van der Waals surface area contributed by atoms with E-state index in [4.69, 9.17) is 14.2 Å². The predicted molar refractivity (Wildman–Crippen MR) is 297 cm³/mol. The molecule has 0 aliphatic heterocycles. The minimum absolute atomic E-state index is 0.0453. The Labute approximate surface area is 422 Å². The van der Waals surface area contributed by atoms with Gasteiger partial charge in [-0.1, -0.05) is 254 Å². The topological polar surface area (TPSA) is 61.8 Å². The number of ether oxygens (including phenoxy) is 3. The highest BCUT2D eigenvalue weighted by Gasteiger charge is 2.17. The van der Waals surface area contributed by atoms with Crippen LogP contribution < -0.4 is 0 Å². The maximum atomic E-state index is 12.9. The van der Waals surface area contributed by atoms with Gasteiger partial charge < -0.3 is 14.2 Å². The molecule has 0 amide bonds. The van der Waals surface area contributed by atoms with Gasteiger partial charge in [-0.15, -0.1) is 0 Å². The summed E-state index contributed by atoms with van der Waals surface area (Å²) in [6.07, 6.45) is 77.5. The van der Waals surface area contributed by atoms with Crippen LogP contribution in [0.2, 0.25) is 0 Å². The van der Waals surface area contributed by atoms with E-state index in [0.717, 1.165) is 83.5 Å². The quantitative estimate of drug-likeness (QED) is 0.0345. The minimum Gasteiger partial charge on any atom is -0.462 e. The minimum atomic E-state index is -0.576. The molecule has 0 bridgehead atoms. The lowest BCUT2D eigenvalue weighted by molar-refractivity contribution is -0.163. The fourth-order valence-corrected chi connectivity index (χ4v) is 8.04. The Balaban J connectivity index is 4.41. The molecule has 0 aliphatic carbocycles. The Morgan fingerprint density at radius 1 is 0.324 bits per heavy atom. The van der Waals surface area contributed by atoms with Gasteiger partial charge in [-0.25, -0.2) is 0 Å². The van der Waals surface area contributed by atoms with E-state index in [9.17, 15) is 9.59 Å². The van der Waals surface area contributed by atoms with Gasteiger partial charge in [0, 0.05) is 19.4 Å². The fraction of sp³-hybridized carbons (Fsp3) is 0.746. The Kier molecular flexibility index (Phi) is 55.9.